The van der Waals surface area contributed by atoms with E-state index in [0.29, 0.717) is 22.6 Å². The number of fused-ring (bicyclic) bond motifs is 1. The lowest BCUT2D eigenvalue weighted by Crippen LogP contribution is -1.98. The summed E-state index contributed by atoms with van der Waals surface area (Å²) in [6.45, 7) is 4.02. The fourth-order valence-corrected chi connectivity index (χ4v) is 2.31. The first-order chi connectivity index (χ1) is 9.54. The molecule has 0 aliphatic rings. The van der Waals surface area contributed by atoms with Crippen LogP contribution >= 0.6 is 27.5 Å². The standard InChI is InChI=1S/C13H10BrClN4O/c1-7-3-9(4-8(2)12(7)14)20-11-5-10(15)18-13-16-6-17-19(11)13/h3-6H,1-2H3. The minimum absolute atomic E-state index is 0.311. The van der Waals surface area contributed by atoms with Crippen LogP contribution in [-0.2, 0) is 0 Å². The highest BCUT2D eigenvalue weighted by Gasteiger charge is 2.10. The fourth-order valence-electron chi connectivity index (χ4n) is 1.92. The molecule has 0 unspecified atom stereocenters. The average Bonchev–Trinajstić information content (AvgIpc) is 2.84. The van der Waals surface area contributed by atoms with Crippen LogP contribution in [0.5, 0.6) is 11.6 Å². The quantitative estimate of drug-likeness (QED) is 0.655. The number of halogens is 2. The highest BCUT2D eigenvalue weighted by atomic mass is 79.9. The molecule has 0 saturated carbocycles. The topological polar surface area (TPSA) is 52.3 Å². The SMILES string of the molecule is Cc1cc(Oc2cc(Cl)nc3ncnn23)cc(C)c1Br. The van der Waals surface area contributed by atoms with Gasteiger partial charge in [0.05, 0.1) is 0 Å². The van der Waals surface area contributed by atoms with Crippen LogP contribution in [0.2, 0.25) is 5.15 Å². The molecule has 1 aromatic carbocycles. The van der Waals surface area contributed by atoms with Crippen molar-refractivity contribution in [1.82, 2.24) is 19.6 Å². The van der Waals surface area contributed by atoms with Gasteiger partial charge in [0, 0.05) is 10.5 Å². The summed E-state index contributed by atoms with van der Waals surface area (Å²) in [6.07, 6.45) is 1.41. The van der Waals surface area contributed by atoms with Crippen LogP contribution in [0.1, 0.15) is 11.1 Å². The van der Waals surface area contributed by atoms with Crippen LogP contribution < -0.4 is 4.74 Å². The molecule has 20 heavy (non-hydrogen) atoms. The van der Waals surface area contributed by atoms with Crippen LogP contribution in [0.15, 0.2) is 29.0 Å². The summed E-state index contributed by atoms with van der Waals surface area (Å²) < 4.78 is 8.43. The monoisotopic (exact) mass is 352 g/mol. The molecule has 0 aliphatic carbocycles. The Morgan fingerprint density at radius 1 is 1.20 bits per heavy atom. The Morgan fingerprint density at radius 2 is 1.90 bits per heavy atom. The zero-order chi connectivity index (χ0) is 14.3. The first kappa shape index (κ1) is 13.3. The van der Waals surface area contributed by atoms with Gasteiger partial charge in [0.25, 0.3) is 5.78 Å². The van der Waals surface area contributed by atoms with Gasteiger partial charge in [0.2, 0.25) is 5.88 Å². The molecule has 2 aromatic heterocycles. The van der Waals surface area contributed by atoms with Gasteiger partial charge in [-0.3, -0.25) is 0 Å². The molecule has 0 spiro atoms. The second-order valence-electron chi connectivity index (χ2n) is 4.36. The van der Waals surface area contributed by atoms with Crippen molar-refractivity contribution in [2.75, 3.05) is 0 Å². The fraction of sp³-hybridized carbons (Fsp3) is 0.154. The number of nitrogens with zero attached hydrogens (tertiary/aromatic N) is 4. The molecule has 0 fully saturated rings. The Balaban J connectivity index is 2.07. The Morgan fingerprint density at radius 3 is 2.60 bits per heavy atom. The van der Waals surface area contributed by atoms with Gasteiger partial charge >= 0.3 is 0 Å². The third-order valence-corrected chi connectivity index (χ3v) is 4.26. The van der Waals surface area contributed by atoms with Gasteiger partial charge in [-0.1, -0.05) is 27.5 Å². The van der Waals surface area contributed by atoms with E-state index in [0.717, 1.165) is 15.6 Å². The molecule has 0 aliphatic heterocycles. The van der Waals surface area contributed by atoms with E-state index in [1.165, 1.54) is 10.8 Å². The zero-order valence-corrected chi connectivity index (χ0v) is 13.1. The number of aryl methyl sites for hydroxylation is 2. The molecule has 0 amide bonds. The molecule has 3 rings (SSSR count). The van der Waals surface area contributed by atoms with E-state index in [1.54, 1.807) is 6.07 Å². The van der Waals surface area contributed by atoms with Crippen molar-refractivity contribution in [1.29, 1.82) is 0 Å². The second kappa shape index (κ2) is 5.03. The van der Waals surface area contributed by atoms with Gasteiger partial charge in [-0.05, 0) is 37.1 Å². The van der Waals surface area contributed by atoms with Gasteiger partial charge in [-0.2, -0.15) is 19.6 Å². The molecule has 0 saturated heterocycles. The second-order valence-corrected chi connectivity index (χ2v) is 5.54. The zero-order valence-electron chi connectivity index (χ0n) is 10.8. The highest BCUT2D eigenvalue weighted by Crippen LogP contribution is 2.30. The number of hydrogen-bond donors (Lipinski definition) is 0. The maximum atomic E-state index is 5.96. The van der Waals surface area contributed by atoms with Gasteiger partial charge in [-0.25, -0.2) is 0 Å². The molecule has 0 bridgehead atoms. The smallest absolute Gasteiger partial charge is 0.256 e. The minimum atomic E-state index is 0.311. The Bertz CT molecular complexity index is 779. The summed E-state index contributed by atoms with van der Waals surface area (Å²) in [5.74, 6) is 1.58. The van der Waals surface area contributed by atoms with E-state index in [1.807, 2.05) is 26.0 Å². The first-order valence-corrected chi connectivity index (χ1v) is 7.02. The molecule has 0 radical (unpaired) electrons. The number of ether oxygens (including phenoxy) is 1. The van der Waals surface area contributed by atoms with Crippen LogP contribution in [0.3, 0.4) is 0 Å². The summed E-state index contributed by atoms with van der Waals surface area (Å²) in [7, 11) is 0. The van der Waals surface area contributed by atoms with E-state index in [-0.39, 0.29) is 0 Å². The molecular formula is C13H10BrClN4O. The normalized spacial score (nSPS) is 11.0. The molecule has 7 heteroatoms. The molecule has 3 aromatic rings. The van der Waals surface area contributed by atoms with Crippen LogP contribution in [0.4, 0.5) is 0 Å². The predicted octanol–water partition coefficient (Wildman–Crippen LogP) is 3.95. The van der Waals surface area contributed by atoms with Gasteiger partial charge in [-0.15, -0.1) is 0 Å². The molecule has 2 heterocycles. The minimum Gasteiger partial charge on any atom is -0.439 e. The van der Waals surface area contributed by atoms with E-state index in [4.69, 9.17) is 16.3 Å². The van der Waals surface area contributed by atoms with E-state index >= 15 is 0 Å². The lowest BCUT2D eigenvalue weighted by Gasteiger charge is -2.10. The van der Waals surface area contributed by atoms with Crippen molar-refractivity contribution < 1.29 is 4.74 Å². The van der Waals surface area contributed by atoms with Crippen molar-refractivity contribution >= 4 is 33.3 Å². The largest absolute Gasteiger partial charge is 0.439 e. The summed E-state index contributed by atoms with van der Waals surface area (Å²) >= 11 is 9.48. The van der Waals surface area contributed by atoms with E-state index in [9.17, 15) is 0 Å². The maximum Gasteiger partial charge on any atom is 0.256 e. The summed E-state index contributed by atoms with van der Waals surface area (Å²) in [5, 5.41) is 4.38. The number of aromatic nitrogens is 4. The first-order valence-electron chi connectivity index (χ1n) is 5.85. The van der Waals surface area contributed by atoms with Crippen molar-refractivity contribution in [3.63, 3.8) is 0 Å². The third kappa shape index (κ3) is 2.36. The molecule has 102 valence electrons. The Kier molecular flexibility index (Phi) is 3.35. The maximum absolute atomic E-state index is 5.96. The highest BCUT2D eigenvalue weighted by molar-refractivity contribution is 9.10. The molecular weight excluding hydrogens is 344 g/mol. The molecule has 0 N–H and O–H groups in total. The molecule has 0 atom stereocenters. The van der Waals surface area contributed by atoms with Crippen molar-refractivity contribution in [2.24, 2.45) is 0 Å². The van der Waals surface area contributed by atoms with Gasteiger partial charge < -0.3 is 4.74 Å². The van der Waals surface area contributed by atoms with Crippen LogP contribution in [0.25, 0.3) is 5.78 Å². The van der Waals surface area contributed by atoms with Crippen molar-refractivity contribution in [3.8, 4) is 11.6 Å². The van der Waals surface area contributed by atoms with Crippen molar-refractivity contribution in [3.05, 3.63) is 45.3 Å². The average molecular weight is 354 g/mol. The Hall–Kier alpha value is -1.66. The summed E-state index contributed by atoms with van der Waals surface area (Å²) in [4.78, 5) is 8.05. The number of benzene rings is 1. The summed E-state index contributed by atoms with van der Waals surface area (Å²) in [5.41, 5.74) is 2.19. The lowest BCUT2D eigenvalue weighted by molar-refractivity contribution is 0.445. The van der Waals surface area contributed by atoms with Crippen molar-refractivity contribution in [2.45, 2.75) is 13.8 Å². The Labute approximate surface area is 128 Å². The number of rotatable bonds is 2. The predicted molar refractivity (Wildman–Crippen MR) is 79.5 cm³/mol. The van der Waals surface area contributed by atoms with E-state index < -0.39 is 0 Å². The molecule has 5 nitrogen and oxygen atoms in total. The van der Waals surface area contributed by atoms with Crippen LogP contribution in [0, 0.1) is 13.8 Å². The van der Waals surface area contributed by atoms with E-state index in [2.05, 4.69) is 31.0 Å². The van der Waals surface area contributed by atoms with Gasteiger partial charge in [0.1, 0.15) is 17.2 Å². The van der Waals surface area contributed by atoms with Crippen LogP contribution in [-0.4, -0.2) is 19.6 Å². The van der Waals surface area contributed by atoms with Gasteiger partial charge in [0.15, 0.2) is 0 Å². The summed E-state index contributed by atoms with van der Waals surface area (Å²) in [6, 6.07) is 5.48. The number of hydrogen-bond acceptors (Lipinski definition) is 4. The lowest BCUT2D eigenvalue weighted by atomic mass is 10.1. The third-order valence-electron chi connectivity index (χ3n) is 2.82.